The largest absolute Gasteiger partial charge is 0.423 e. The molecule has 2 N–H and O–H groups in total. The van der Waals surface area contributed by atoms with Gasteiger partial charge in [-0.1, -0.05) is 6.07 Å². The molecule has 1 amide bonds. The Hall–Kier alpha value is -2.63. The molecule has 100 valence electrons. The smallest absolute Gasteiger partial charge is 0.308 e. The molecule has 0 aliphatic rings. The van der Waals surface area contributed by atoms with E-state index in [2.05, 4.69) is 0 Å². The summed E-state index contributed by atoms with van der Waals surface area (Å²) in [5.41, 5.74) is 5.55. The zero-order chi connectivity index (χ0) is 14.4. The van der Waals surface area contributed by atoms with Crippen LogP contribution in [0.2, 0.25) is 0 Å². The topological polar surface area (TPSA) is 95.7 Å². The maximum Gasteiger partial charge on any atom is 0.308 e. The highest BCUT2D eigenvalue weighted by Crippen LogP contribution is 2.29. The van der Waals surface area contributed by atoms with Gasteiger partial charge in [0.1, 0.15) is 0 Å². The summed E-state index contributed by atoms with van der Waals surface area (Å²) < 4.78 is 9.82. The molecule has 6 nitrogen and oxygen atoms in total. The monoisotopic (exact) mass is 263 g/mol. The van der Waals surface area contributed by atoms with Crippen LogP contribution < -0.4 is 15.2 Å². The molecule has 0 heterocycles. The van der Waals surface area contributed by atoms with E-state index < -0.39 is 17.8 Å². The average molecular weight is 263 g/mol. The van der Waals surface area contributed by atoms with E-state index in [0.29, 0.717) is 5.56 Å². The third kappa shape index (κ3) is 5.03. The van der Waals surface area contributed by atoms with Gasteiger partial charge in [0.2, 0.25) is 5.91 Å². The molecule has 0 radical (unpaired) electrons. The van der Waals surface area contributed by atoms with Gasteiger partial charge < -0.3 is 15.2 Å². The van der Waals surface area contributed by atoms with Crippen molar-refractivity contribution < 1.29 is 23.9 Å². The van der Waals surface area contributed by atoms with Gasteiger partial charge in [-0.3, -0.25) is 14.4 Å². The first-order chi connectivity index (χ1) is 8.88. The van der Waals surface area contributed by atoms with Crippen molar-refractivity contribution >= 4 is 23.9 Å². The van der Waals surface area contributed by atoms with Crippen LogP contribution in [0.25, 0.3) is 6.08 Å². The second kappa shape index (κ2) is 6.34. The Morgan fingerprint density at radius 3 is 2.16 bits per heavy atom. The molecule has 0 saturated heterocycles. The highest BCUT2D eigenvalue weighted by molar-refractivity contribution is 5.90. The number of benzene rings is 1. The van der Waals surface area contributed by atoms with Gasteiger partial charge in [-0.15, -0.1) is 0 Å². The molecule has 0 bridgehead atoms. The van der Waals surface area contributed by atoms with Crippen molar-refractivity contribution in [3.8, 4) is 11.5 Å². The van der Waals surface area contributed by atoms with E-state index in [1.807, 2.05) is 0 Å². The lowest BCUT2D eigenvalue weighted by Gasteiger charge is -2.09. The van der Waals surface area contributed by atoms with Crippen LogP contribution in [0.5, 0.6) is 11.5 Å². The SMILES string of the molecule is CC(=O)Oc1ccc(/C=C/C(N)=O)cc1OC(C)=O. The Morgan fingerprint density at radius 2 is 1.63 bits per heavy atom. The summed E-state index contributed by atoms with van der Waals surface area (Å²) in [5, 5.41) is 0. The summed E-state index contributed by atoms with van der Waals surface area (Å²) in [7, 11) is 0. The average Bonchev–Trinajstić information content (AvgIpc) is 2.28. The number of hydrogen-bond donors (Lipinski definition) is 1. The normalized spacial score (nSPS) is 10.2. The maximum absolute atomic E-state index is 11.0. The van der Waals surface area contributed by atoms with Crippen molar-refractivity contribution in [1.29, 1.82) is 0 Å². The van der Waals surface area contributed by atoms with Crippen molar-refractivity contribution in [1.82, 2.24) is 0 Å². The molecule has 0 atom stereocenters. The molecular formula is C13H13NO5. The Morgan fingerprint density at radius 1 is 1.05 bits per heavy atom. The Kier molecular flexibility index (Phi) is 4.82. The number of rotatable bonds is 4. The van der Waals surface area contributed by atoms with Crippen LogP contribution in [0.15, 0.2) is 24.3 Å². The number of esters is 2. The van der Waals surface area contributed by atoms with Crippen LogP contribution in [-0.2, 0) is 14.4 Å². The van der Waals surface area contributed by atoms with Gasteiger partial charge in [0, 0.05) is 19.9 Å². The van der Waals surface area contributed by atoms with Crippen LogP contribution in [0, 0.1) is 0 Å². The number of primary amides is 1. The van der Waals surface area contributed by atoms with Gasteiger partial charge in [-0.05, 0) is 23.8 Å². The molecule has 0 spiro atoms. The predicted octanol–water partition coefficient (Wildman–Crippen LogP) is 1.04. The van der Waals surface area contributed by atoms with Gasteiger partial charge in [-0.2, -0.15) is 0 Å². The fourth-order valence-corrected chi connectivity index (χ4v) is 1.28. The minimum Gasteiger partial charge on any atom is -0.423 e. The number of carbonyl (C=O) groups excluding carboxylic acids is 3. The van der Waals surface area contributed by atoms with E-state index in [9.17, 15) is 14.4 Å². The third-order valence-corrected chi connectivity index (χ3v) is 1.92. The Labute approximate surface area is 109 Å². The minimum absolute atomic E-state index is 0.0920. The quantitative estimate of drug-likeness (QED) is 0.497. The van der Waals surface area contributed by atoms with Crippen molar-refractivity contribution in [3.63, 3.8) is 0 Å². The second-order valence-electron chi connectivity index (χ2n) is 3.63. The number of nitrogens with two attached hydrogens (primary N) is 1. The van der Waals surface area contributed by atoms with Crippen molar-refractivity contribution in [2.45, 2.75) is 13.8 Å². The van der Waals surface area contributed by atoms with E-state index in [-0.39, 0.29) is 11.5 Å². The van der Waals surface area contributed by atoms with Gasteiger partial charge >= 0.3 is 11.9 Å². The number of ether oxygens (including phenoxy) is 2. The lowest BCUT2D eigenvalue weighted by atomic mass is 10.2. The molecule has 0 aliphatic heterocycles. The van der Waals surface area contributed by atoms with E-state index in [0.717, 1.165) is 0 Å². The molecule has 1 rings (SSSR count). The van der Waals surface area contributed by atoms with Crippen LogP contribution >= 0.6 is 0 Å². The third-order valence-electron chi connectivity index (χ3n) is 1.92. The highest BCUT2D eigenvalue weighted by atomic mass is 16.6. The summed E-state index contributed by atoms with van der Waals surface area (Å²) in [6.45, 7) is 2.46. The maximum atomic E-state index is 11.0. The van der Waals surface area contributed by atoms with Crippen LogP contribution in [0.3, 0.4) is 0 Å². The van der Waals surface area contributed by atoms with E-state index in [1.54, 1.807) is 6.07 Å². The second-order valence-corrected chi connectivity index (χ2v) is 3.63. The van der Waals surface area contributed by atoms with Crippen molar-refractivity contribution in [2.24, 2.45) is 5.73 Å². The van der Waals surface area contributed by atoms with E-state index in [4.69, 9.17) is 15.2 Å². The Balaban J connectivity index is 3.10. The fraction of sp³-hybridized carbons (Fsp3) is 0.154. The van der Waals surface area contributed by atoms with E-state index >= 15 is 0 Å². The lowest BCUT2D eigenvalue weighted by molar-refractivity contribution is -0.134. The first-order valence-electron chi connectivity index (χ1n) is 5.37. The predicted molar refractivity (Wildman–Crippen MR) is 67.3 cm³/mol. The molecule has 0 fully saturated rings. The molecule has 0 aromatic heterocycles. The molecule has 0 unspecified atom stereocenters. The molecule has 1 aromatic rings. The summed E-state index contributed by atoms with van der Waals surface area (Å²) >= 11 is 0. The first-order valence-corrected chi connectivity index (χ1v) is 5.37. The molecule has 19 heavy (non-hydrogen) atoms. The molecule has 1 aromatic carbocycles. The zero-order valence-electron chi connectivity index (χ0n) is 10.5. The van der Waals surface area contributed by atoms with E-state index in [1.165, 1.54) is 38.1 Å². The minimum atomic E-state index is -0.599. The molecular weight excluding hydrogens is 250 g/mol. The van der Waals surface area contributed by atoms with Gasteiger partial charge in [0.15, 0.2) is 11.5 Å². The van der Waals surface area contributed by atoms with Gasteiger partial charge in [-0.25, -0.2) is 0 Å². The lowest BCUT2D eigenvalue weighted by Crippen LogP contribution is -2.07. The number of hydrogen-bond acceptors (Lipinski definition) is 5. The van der Waals surface area contributed by atoms with Gasteiger partial charge in [0.25, 0.3) is 0 Å². The molecule has 0 aliphatic carbocycles. The highest BCUT2D eigenvalue weighted by Gasteiger charge is 2.10. The summed E-state index contributed by atoms with van der Waals surface area (Å²) in [5.74, 6) is -1.47. The standard InChI is InChI=1S/C13H13NO5/c1-8(15)18-11-5-3-10(4-6-13(14)17)7-12(11)19-9(2)16/h3-7H,1-2H3,(H2,14,17)/b6-4+. The van der Waals surface area contributed by atoms with Crippen LogP contribution in [0.1, 0.15) is 19.4 Å². The van der Waals surface area contributed by atoms with Crippen LogP contribution in [-0.4, -0.2) is 17.8 Å². The number of carbonyl (C=O) groups is 3. The summed E-state index contributed by atoms with van der Waals surface area (Å²) in [6.07, 6.45) is 2.62. The van der Waals surface area contributed by atoms with Crippen molar-refractivity contribution in [3.05, 3.63) is 29.8 Å². The van der Waals surface area contributed by atoms with Crippen LogP contribution in [0.4, 0.5) is 0 Å². The first kappa shape index (κ1) is 14.4. The van der Waals surface area contributed by atoms with Gasteiger partial charge in [0.05, 0.1) is 0 Å². The molecule has 6 heteroatoms. The summed E-state index contributed by atoms with van der Waals surface area (Å²) in [4.78, 5) is 32.5. The zero-order valence-corrected chi connectivity index (χ0v) is 10.5. The number of amides is 1. The fourth-order valence-electron chi connectivity index (χ4n) is 1.28. The Bertz CT molecular complexity index is 548. The van der Waals surface area contributed by atoms with Crippen molar-refractivity contribution in [2.75, 3.05) is 0 Å². The summed E-state index contributed by atoms with van der Waals surface area (Å²) in [6, 6.07) is 4.50. The molecule has 0 saturated carbocycles.